The van der Waals surface area contributed by atoms with E-state index >= 15 is 0 Å². The minimum Gasteiger partial charge on any atom is -0.362 e. The van der Waals surface area contributed by atoms with Crippen LogP contribution in [0.3, 0.4) is 0 Å². The number of para-hydroxylation sites is 2. The molecule has 2 aromatic carbocycles. The quantitative estimate of drug-likeness (QED) is 0.380. The van der Waals surface area contributed by atoms with Gasteiger partial charge in [0.2, 0.25) is 5.95 Å². The van der Waals surface area contributed by atoms with Crippen LogP contribution in [0, 0.1) is 12.8 Å². The van der Waals surface area contributed by atoms with Crippen LogP contribution in [0.4, 0.5) is 11.8 Å². The number of hydrogen-bond donors (Lipinski definition) is 2. The Hall–Kier alpha value is -3.45. The van der Waals surface area contributed by atoms with Gasteiger partial charge in [0.25, 0.3) is 0 Å². The SMILES string of the molecule is Cc1c(CNCC2CCC(Nc3nc(N(C)C)c4ccccc4n3)CC2)cnn1-c1ccccc1. The second-order valence-corrected chi connectivity index (χ2v) is 9.78. The normalized spacial score (nSPS) is 18.0. The van der Waals surface area contributed by atoms with Crippen molar-refractivity contribution in [2.24, 2.45) is 5.92 Å². The molecule has 0 saturated heterocycles. The summed E-state index contributed by atoms with van der Waals surface area (Å²) in [4.78, 5) is 11.6. The van der Waals surface area contributed by atoms with E-state index in [1.54, 1.807) is 0 Å². The van der Waals surface area contributed by atoms with Crippen molar-refractivity contribution in [3.63, 3.8) is 0 Å². The van der Waals surface area contributed by atoms with Crippen LogP contribution in [0.1, 0.15) is 36.9 Å². The number of nitrogens with zero attached hydrogens (tertiary/aromatic N) is 5. The van der Waals surface area contributed by atoms with Crippen molar-refractivity contribution in [2.75, 3.05) is 30.9 Å². The van der Waals surface area contributed by atoms with Gasteiger partial charge in [-0.2, -0.15) is 10.1 Å². The summed E-state index contributed by atoms with van der Waals surface area (Å²) >= 11 is 0. The molecule has 0 spiro atoms. The Labute approximate surface area is 207 Å². The second-order valence-electron chi connectivity index (χ2n) is 9.78. The van der Waals surface area contributed by atoms with Crippen LogP contribution < -0.4 is 15.5 Å². The fourth-order valence-electron chi connectivity index (χ4n) is 5.02. The van der Waals surface area contributed by atoms with E-state index in [-0.39, 0.29) is 0 Å². The molecular weight excluding hydrogens is 434 g/mol. The number of anilines is 2. The topological polar surface area (TPSA) is 70.9 Å². The molecule has 0 bridgehead atoms. The molecule has 1 aliphatic rings. The van der Waals surface area contributed by atoms with Gasteiger partial charge >= 0.3 is 0 Å². The third-order valence-electron chi connectivity index (χ3n) is 7.05. The molecule has 7 nitrogen and oxygen atoms in total. The van der Waals surface area contributed by atoms with Crippen LogP contribution >= 0.6 is 0 Å². The van der Waals surface area contributed by atoms with Crippen LogP contribution in [0.5, 0.6) is 0 Å². The van der Waals surface area contributed by atoms with Gasteiger partial charge < -0.3 is 15.5 Å². The summed E-state index contributed by atoms with van der Waals surface area (Å²) in [7, 11) is 4.07. The molecule has 4 aromatic rings. The maximum absolute atomic E-state index is 4.81. The van der Waals surface area contributed by atoms with E-state index in [2.05, 4.69) is 51.8 Å². The molecule has 0 atom stereocenters. The Kier molecular flexibility index (Phi) is 6.95. The number of aromatic nitrogens is 4. The Morgan fingerprint density at radius 3 is 2.46 bits per heavy atom. The molecule has 2 N–H and O–H groups in total. The largest absolute Gasteiger partial charge is 0.362 e. The Balaban J connectivity index is 1.12. The van der Waals surface area contributed by atoms with Gasteiger partial charge in [0.15, 0.2) is 0 Å². The van der Waals surface area contributed by atoms with E-state index < -0.39 is 0 Å². The van der Waals surface area contributed by atoms with E-state index in [0.717, 1.165) is 54.3 Å². The smallest absolute Gasteiger partial charge is 0.225 e. The lowest BCUT2D eigenvalue weighted by molar-refractivity contribution is 0.323. The Morgan fingerprint density at radius 1 is 0.943 bits per heavy atom. The zero-order valence-corrected chi connectivity index (χ0v) is 20.9. The zero-order chi connectivity index (χ0) is 24.2. The first-order chi connectivity index (χ1) is 17.1. The molecule has 1 saturated carbocycles. The summed E-state index contributed by atoms with van der Waals surface area (Å²) in [6.07, 6.45) is 6.69. The van der Waals surface area contributed by atoms with Crippen LogP contribution in [0.15, 0.2) is 60.8 Å². The van der Waals surface area contributed by atoms with Crippen molar-refractivity contribution >= 4 is 22.7 Å². The fraction of sp³-hybridized carbons (Fsp3) is 0.393. The van der Waals surface area contributed by atoms with E-state index in [4.69, 9.17) is 9.97 Å². The molecular formula is C28H35N7. The van der Waals surface area contributed by atoms with Gasteiger partial charge in [0, 0.05) is 43.3 Å². The van der Waals surface area contributed by atoms with Crippen LogP contribution in [-0.2, 0) is 6.54 Å². The highest BCUT2D eigenvalue weighted by Gasteiger charge is 2.22. The van der Waals surface area contributed by atoms with Gasteiger partial charge in [0.1, 0.15) is 5.82 Å². The Morgan fingerprint density at radius 2 is 1.69 bits per heavy atom. The minimum atomic E-state index is 0.425. The van der Waals surface area contributed by atoms with Crippen molar-refractivity contribution < 1.29 is 0 Å². The summed E-state index contributed by atoms with van der Waals surface area (Å²) in [5, 5.41) is 13.0. The standard InChI is InChI=1S/C28H35N7/c1-20-22(19-30-35(20)24-9-5-4-6-10-24)18-29-17-21-13-15-23(16-14-21)31-28-32-26-12-8-7-11-25(26)27(33-28)34(2)3/h4-12,19,21,23,29H,13-18H2,1-3H3,(H,31,32,33). The molecule has 35 heavy (non-hydrogen) atoms. The molecule has 182 valence electrons. The van der Waals surface area contributed by atoms with Gasteiger partial charge in [-0.3, -0.25) is 0 Å². The Bertz CT molecular complexity index is 1260. The predicted molar refractivity (Wildman–Crippen MR) is 143 cm³/mol. The third kappa shape index (κ3) is 5.30. The van der Waals surface area contributed by atoms with Crippen molar-refractivity contribution in [2.45, 2.75) is 45.2 Å². The first-order valence-corrected chi connectivity index (χ1v) is 12.6. The predicted octanol–water partition coefficient (Wildman–Crippen LogP) is 4.95. The second kappa shape index (κ2) is 10.4. The van der Waals surface area contributed by atoms with Crippen LogP contribution in [0.25, 0.3) is 16.6 Å². The lowest BCUT2D eigenvalue weighted by Gasteiger charge is -2.29. The molecule has 1 fully saturated rings. The summed E-state index contributed by atoms with van der Waals surface area (Å²) in [5.41, 5.74) is 4.55. The molecule has 1 aliphatic carbocycles. The minimum absolute atomic E-state index is 0.425. The van der Waals surface area contributed by atoms with Crippen LogP contribution in [-0.4, -0.2) is 46.4 Å². The summed E-state index contributed by atoms with van der Waals surface area (Å²) in [6.45, 7) is 4.04. The van der Waals surface area contributed by atoms with Gasteiger partial charge in [0.05, 0.1) is 17.4 Å². The molecule has 5 rings (SSSR count). The number of fused-ring (bicyclic) bond motifs is 1. The first kappa shape index (κ1) is 23.3. The maximum Gasteiger partial charge on any atom is 0.225 e. The lowest BCUT2D eigenvalue weighted by Crippen LogP contribution is -2.31. The zero-order valence-electron chi connectivity index (χ0n) is 20.9. The number of rotatable bonds is 8. The van der Waals surface area contributed by atoms with E-state index in [1.807, 2.05) is 55.3 Å². The number of benzene rings is 2. The first-order valence-electron chi connectivity index (χ1n) is 12.6. The molecule has 2 aromatic heterocycles. The molecule has 0 radical (unpaired) electrons. The molecule has 0 aliphatic heterocycles. The van der Waals surface area contributed by atoms with Crippen LogP contribution in [0.2, 0.25) is 0 Å². The summed E-state index contributed by atoms with van der Waals surface area (Å²) < 4.78 is 2.02. The summed E-state index contributed by atoms with van der Waals surface area (Å²) in [6, 6.07) is 19.0. The monoisotopic (exact) mass is 469 g/mol. The lowest BCUT2D eigenvalue weighted by atomic mass is 9.86. The van der Waals surface area contributed by atoms with Gasteiger partial charge in [-0.15, -0.1) is 0 Å². The van der Waals surface area contributed by atoms with E-state index in [9.17, 15) is 0 Å². The van der Waals surface area contributed by atoms with Crippen molar-refractivity contribution in [1.29, 1.82) is 0 Å². The maximum atomic E-state index is 4.81. The average molecular weight is 470 g/mol. The van der Waals surface area contributed by atoms with E-state index in [0.29, 0.717) is 12.0 Å². The summed E-state index contributed by atoms with van der Waals surface area (Å²) in [5.74, 6) is 2.40. The highest BCUT2D eigenvalue weighted by atomic mass is 15.3. The molecule has 0 amide bonds. The van der Waals surface area contributed by atoms with Crippen molar-refractivity contribution in [1.82, 2.24) is 25.1 Å². The van der Waals surface area contributed by atoms with Gasteiger partial charge in [-0.1, -0.05) is 30.3 Å². The average Bonchev–Trinajstić information content (AvgIpc) is 3.25. The highest BCUT2D eigenvalue weighted by molar-refractivity contribution is 5.90. The van der Waals surface area contributed by atoms with E-state index in [1.165, 1.54) is 24.1 Å². The fourth-order valence-corrected chi connectivity index (χ4v) is 5.02. The third-order valence-corrected chi connectivity index (χ3v) is 7.05. The van der Waals surface area contributed by atoms with Crippen molar-refractivity contribution in [3.05, 3.63) is 72.1 Å². The number of nitrogens with one attached hydrogen (secondary N) is 2. The van der Waals surface area contributed by atoms with Gasteiger partial charge in [-0.05, 0) is 69.3 Å². The molecule has 7 heteroatoms. The molecule has 0 unspecified atom stereocenters. The number of hydrogen-bond acceptors (Lipinski definition) is 6. The highest BCUT2D eigenvalue weighted by Crippen LogP contribution is 2.28. The molecule has 2 heterocycles. The van der Waals surface area contributed by atoms with Crippen molar-refractivity contribution in [3.8, 4) is 5.69 Å². The van der Waals surface area contributed by atoms with Gasteiger partial charge in [-0.25, -0.2) is 9.67 Å².